The first-order valence-corrected chi connectivity index (χ1v) is 2.51. The van der Waals surface area contributed by atoms with Gasteiger partial charge in [-0.2, -0.15) is 0 Å². The Morgan fingerprint density at radius 2 is 1.25 bits per heavy atom. The van der Waals surface area contributed by atoms with Gasteiger partial charge in [0.15, 0.2) is 0 Å². The Balaban J connectivity index is 3.27. The zero-order chi connectivity index (χ0) is 9.14. The van der Waals surface area contributed by atoms with Crippen LogP contribution in [0.25, 0.3) is 0 Å². The molecule has 1 aromatic rings. The van der Waals surface area contributed by atoms with E-state index in [0.29, 0.717) is 0 Å². The standard InChI is InChI=1S/C4H2O8/c5-3(6)1-2(4(7)8)10-12-11-9-1/h(H,5,6)(H,7,8). The molecule has 2 N–H and O–H groups in total. The Kier molecular flexibility index (Phi) is 1.90. The van der Waals surface area contributed by atoms with Crippen LogP contribution in [0.2, 0.25) is 0 Å². The topological polar surface area (TPSA) is 127 Å². The Hall–Kier alpha value is -2.12. The number of carboxylic acid groups (broad SMARTS) is 2. The maximum absolute atomic E-state index is 10.2. The van der Waals surface area contributed by atoms with Crippen molar-refractivity contribution in [1.82, 2.24) is 0 Å². The van der Waals surface area contributed by atoms with E-state index in [-0.39, 0.29) is 0 Å². The van der Waals surface area contributed by atoms with Gasteiger partial charge in [0.2, 0.25) is 0 Å². The van der Waals surface area contributed by atoms with Crippen LogP contribution in [-0.4, -0.2) is 22.2 Å². The van der Waals surface area contributed by atoms with Gasteiger partial charge in [-0.1, -0.05) is 0 Å². The van der Waals surface area contributed by atoms with Gasteiger partial charge >= 0.3 is 23.5 Å². The highest BCUT2D eigenvalue weighted by atomic mass is 17.4. The Bertz CT molecular complexity index is 297. The van der Waals surface area contributed by atoms with E-state index in [1.165, 1.54) is 0 Å². The molecule has 0 radical (unpaired) electrons. The zero-order valence-corrected chi connectivity index (χ0v) is 5.34. The third kappa shape index (κ3) is 1.31. The Morgan fingerprint density at radius 3 is 1.50 bits per heavy atom. The zero-order valence-electron chi connectivity index (χ0n) is 5.34. The average Bonchev–Trinajstić information content (AvgIpc) is 2.04. The molecule has 0 atom stereocenters. The van der Waals surface area contributed by atoms with Gasteiger partial charge < -0.3 is 10.2 Å². The van der Waals surface area contributed by atoms with Crippen LogP contribution < -0.4 is 0 Å². The number of rotatable bonds is 2. The molecule has 12 heavy (non-hydrogen) atoms. The number of carbonyl (C=O) groups is 2. The lowest BCUT2D eigenvalue weighted by Crippen LogP contribution is -2.07. The number of aromatic carboxylic acids is 2. The lowest BCUT2D eigenvalue weighted by Gasteiger charge is -1.91. The lowest BCUT2D eigenvalue weighted by molar-refractivity contribution is -0.315. The number of carboxylic acids is 2. The molecule has 0 amide bonds. The van der Waals surface area contributed by atoms with E-state index in [9.17, 15) is 9.59 Å². The summed E-state index contributed by atoms with van der Waals surface area (Å²) in [5, 5.41) is 16.6. The molecule has 8 nitrogen and oxygen atoms in total. The minimum absolute atomic E-state index is 0.992. The van der Waals surface area contributed by atoms with E-state index >= 15 is 0 Å². The van der Waals surface area contributed by atoms with Crippen LogP contribution in [0.4, 0.5) is 0 Å². The normalized spacial score (nSPS) is 9.33. The van der Waals surface area contributed by atoms with Crippen molar-refractivity contribution in [3.05, 3.63) is 11.5 Å². The summed E-state index contributed by atoms with van der Waals surface area (Å²) in [6, 6.07) is 0. The predicted octanol–water partition coefficient (Wildman–Crippen LogP) is 0.579. The molecule has 0 saturated carbocycles. The van der Waals surface area contributed by atoms with Crippen molar-refractivity contribution in [2.45, 2.75) is 0 Å². The van der Waals surface area contributed by atoms with Crippen LogP contribution in [0.5, 0.6) is 0 Å². The molecule has 0 aromatic carbocycles. The summed E-state index contributed by atoms with van der Waals surface area (Å²) < 4.78 is 14.9. The molecular weight excluding hydrogens is 176 g/mol. The van der Waals surface area contributed by atoms with Crippen molar-refractivity contribution < 1.29 is 38.4 Å². The van der Waals surface area contributed by atoms with Gasteiger partial charge in [0.1, 0.15) is 0 Å². The molecule has 0 fully saturated rings. The van der Waals surface area contributed by atoms with Crippen molar-refractivity contribution in [2.24, 2.45) is 0 Å². The highest BCUT2D eigenvalue weighted by molar-refractivity contribution is 5.96. The van der Waals surface area contributed by atoms with Crippen LogP contribution in [0, 0.1) is 0 Å². The van der Waals surface area contributed by atoms with E-state index in [0.717, 1.165) is 0 Å². The first-order chi connectivity index (χ1) is 5.63. The van der Waals surface area contributed by atoms with Crippen LogP contribution in [-0.2, 0) is 0 Å². The maximum atomic E-state index is 10.2. The van der Waals surface area contributed by atoms with Gasteiger partial charge in [-0.25, -0.2) is 18.7 Å². The minimum atomic E-state index is -1.64. The molecule has 66 valence electrons. The average molecular weight is 178 g/mol. The van der Waals surface area contributed by atoms with E-state index < -0.39 is 23.5 Å². The summed E-state index contributed by atoms with van der Waals surface area (Å²) >= 11 is 0. The highest BCUT2D eigenvalue weighted by Gasteiger charge is 2.25. The van der Waals surface area contributed by atoms with Gasteiger partial charge in [0, 0.05) is 0 Å². The first kappa shape index (κ1) is 7.98. The molecule has 1 rings (SSSR count). The molecule has 0 saturated heterocycles. The van der Waals surface area contributed by atoms with E-state index in [4.69, 9.17) is 10.2 Å². The van der Waals surface area contributed by atoms with E-state index in [1.54, 1.807) is 0 Å². The Labute approximate surface area is 63.1 Å². The quantitative estimate of drug-likeness (QED) is 0.629. The smallest absolute Gasteiger partial charge is 0.381 e. The monoisotopic (exact) mass is 178 g/mol. The number of hydrogen-bond donors (Lipinski definition) is 2. The van der Waals surface area contributed by atoms with E-state index in [2.05, 4.69) is 18.6 Å². The fourth-order valence-electron chi connectivity index (χ4n) is 0.437. The van der Waals surface area contributed by atoms with Crippen molar-refractivity contribution in [1.29, 1.82) is 0 Å². The van der Waals surface area contributed by atoms with Gasteiger partial charge in [0.25, 0.3) is 0 Å². The second-order valence-electron chi connectivity index (χ2n) is 1.57. The fourth-order valence-corrected chi connectivity index (χ4v) is 0.437. The summed E-state index contributed by atoms with van der Waals surface area (Å²) in [5.74, 6) is -5.27. The van der Waals surface area contributed by atoms with Crippen molar-refractivity contribution >= 4 is 11.9 Å². The molecule has 0 aliphatic heterocycles. The van der Waals surface area contributed by atoms with Crippen LogP contribution in [0.3, 0.4) is 0 Å². The lowest BCUT2D eigenvalue weighted by atomic mass is 10.4. The third-order valence-electron chi connectivity index (χ3n) is 0.857. The summed E-state index contributed by atoms with van der Waals surface area (Å²) in [5.41, 5.74) is 0. The minimum Gasteiger partial charge on any atom is -0.475 e. The predicted molar refractivity (Wildman–Crippen MR) is 27.1 cm³/mol. The molecule has 0 bridgehead atoms. The molecule has 1 heterocycles. The maximum Gasteiger partial charge on any atom is 0.381 e. The molecular formula is C4H2O8. The molecule has 1 aromatic heterocycles. The SMILES string of the molecule is O=C(O)c1ooooc1C(=O)O. The summed E-state index contributed by atoms with van der Waals surface area (Å²) in [7, 11) is 0. The third-order valence-corrected chi connectivity index (χ3v) is 0.857. The fraction of sp³-hybridized carbons (Fsp3) is 0. The second kappa shape index (κ2) is 2.86. The van der Waals surface area contributed by atoms with Crippen LogP contribution in [0.1, 0.15) is 21.1 Å². The van der Waals surface area contributed by atoms with E-state index in [1.807, 2.05) is 0 Å². The first-order valence-electron chi connectivity index (χ1n) is 2.51. The molecule has 0 spiro atoms. The van der Waals surface area contributed by atoms with Gasteiger partial charge in [-0.3, -0.25) is 0 Å². The molecule has 0 unspecified atom stereocenters. The molecule has 0 aliphatic rings. The highest BCUT2D eigenvalue weighted by Crippen LogP contribution is 2.07. The summed E-state index contributed by atoms with van der Waals surface area (Å²) in [6.45, 7) is 0. The summed E-state index contributed by atoms with van der Waals surface area (Å²) in [4.78, 5) is 20.4. The molecule has 8 heteroatoms. The van der Waals surface area contributed by atoms with Gasteiger partial charge in [-0.15, -0.1) is 0 Å². The largest absolute Gasteiger partial charge is 0.475 e. The van der Waals surface area contributed by atoms with Crippen molar-refractivity contribution in [3.8, 4) is 0 Å². The number of hydrogen-bond acceptors (Lipinski definition) is 6. The van der Waals surface area contributed by atoms with Gasteiger partial charge in [0.05, 0.1) is 0 Å². The van der Waals surface area contributed by atoms with Crippen LogP contribution >= 0.6 is 0 Å². The second-order valence-corrected chi connectivity index (χ2v) is 1.57. The summed E-state index contributed by atoms with van der Waals surface area (Å²) in [6.07, 6.45) is 0. The van der Waals surface area contributed by atoms with Gasteiger partial charge in [-0.05, 0) is 9.47 Å². The van der Waals surface area contributed by atoms with Crippen molar-refractivity contribution in [2.75, 3.05) is 0 Å². The van der Waals surface area contributed by atoms with Crippen molar-refractivity contribution in [3.63, 3.8) is 0 Å². The van der Waals surface area contributed by atoms with Crippen LogP contribution in [0.15, 0.2) is 18.6 Å². The Morgan fingerprint density at radius 1 is 0.917 bits per heavy atom. The molecule has 0 aliphatic carbocycles.